The largest absolute Gasteiger partial charge is 0.480 e. The van der Waals surface area contributed by atoms with E-state index in [0.29, 0.717) is 23.8 Å². The Morgan fingerprint density at radius 2 is 1.93 bits per heavy atom. The number of benzene rings is 1. The van der Waals surface area contributed by atoms with Crippen molar-refractivity contribution in [1.82, 2.24) is 10.2 Å². The van der Waals surface area contributed by atoms with Gasteiger partial charge < -0.3 is 15.2 Å². The van der Waals surface area contributed by atoms with Crippen LogP contribution >= 0.6 is 11.8 Å². The van der Waals surface area contributed by atoms with Gasteiger partial charge in [0.25, 0.3) is 0 Å². The topological polar surface area (TPSA) is 78.9 Å². The molecule has 1 saturated heterocycles. The second kappa shape index (κ2) is 15.4. The van der Waals surface area contributed by atoms with Crippen LogP contribution in [0.5, 0.6) is 0 Å². The lowest BCUT2D eigenvalue weighted by Gasteiger charge is -2.31. The quantitative estimate of drug-likeness (QED) is 0.282. The minimum Gasteiger partial charge on any atom is -0.480 e. The van der Waals surface area contributed by atoms with Gasteiger partial charge in [-0.2, -0.15) is 11.8 Å². The lowest BCUT2D eigenvalue weighted by molar-refractivity contribution is -0.141. The van der Waals surface area contributed by atoms with Crippen LogP contribution in [0, 0.1) is 24.7 Å². The van der Waals surface area contributed by atoms with Gasteiger partial charge in [0.2, 0.25) is 5.91 Å². The Labute approximate surface area is 251 Å². The van der Waals surface area contributed by atoms with E-state index in [2.05, 4.69) is 42.3 Å². The van der Waals surface area contributed by atoms with E-state index in [1.165, 1.54) is 50.5 Å². The highest BCUT2D eigenvalue weighted by molar-refractivity contribution is 7.98. The number of rotatable bonds is 13. The molecule has 1 heterocycles. The maximum absolute atomic E-state index is 13.7. The van der Waals surface area contributed by atoms with Gasteiger partial charge in [-0.25, -0.2) is 4.79 Å². The van der Waals surface area contributed by atoms with Gasteiger partial charge in [0.1, 0.15) is 6.04 Å². The number of aryl methyl sites for hydroxylation is 1. The Kier molecular flexibility index (Phi) is 12.0. The van der Waals surface area contributed by atoms with Crippen molar-refractivity contribution in [2.24, 2.45) is 17.8 Å². The summed E-state index contributed by atoms with van der Waals surface area (Å²) < 4.78 is 5.67. The summed E-state index contributed by atoms with van der Waals surface area (Å²) in [6.07, 6.45) is 14.9. The number of carbonyl (C=O) groups is 2. The van der Waals surface area contributed by atoms with Gasteiger partial charge in [-0.05, 0) is 79.1 Å². The van der Waals surface area contributed by atoms with Crippen LogP contribution in [-0.2, 0) is 14.3 Å². The molecule has 2 N–H and O–H groups in total. The second-order valence-electron chi connectivity index (χ2n) is 12.6. The molecule has 4 rings (SSSR count). The molecule has 7 heteroatoms. The number of thioether (sulfide) groups is 1. The van der Waals surface area contributed by atoms with Gasteiger partial charge in [0.05, 0.1) is 6.61 Å². The second-order valence-corrected chi connectivity index (χ2v) is 13.6. The van der Waals surface area contributed by atoms with Crippen LogP contribution in [0.2, 0.25) is 0 Å². The molecule has 0 radical (unpaired) electrons. The Bertz CT molecular complexity index is 1110. The van der Waals surface area contributed by atoms with E-state index in [0.717, 1.165) is 54.7 Å². The molecule has 6 nitrogen and oxygen atoms in total. The molecule has 1 aliphatic heterocycles. The highest BCUT2D eigenvalue weighted by Gasteiger charge is 2.36. The summed E-state index contributed by atoms with van der Waals surface area (Å²) in [5.41, 5.74) is 5.13. The van der Waals surface area contributed by atoms with Crippen molar-refractivity contribution >= 4 is 29.2 Å². The molecule has 2 unspecified atom stereocenters. The van der Waals surface area contributed by atoms with Crippen molar-refractivity contribution in [1.29, 1.82) is 0 Å². The number of likely N-dealkylation sites (tertiary alicyclic amines) is 1. The molecule has 4 atom stereocenters. The third-order valence-electron chi connectivity index (χ3n) is 9.36. The molecule has 1 amide bonds. The van der Waals surface area contributed by atoms with Crippen LogP contribution in [0.4, 0.5) is 0 Å². The van der Waals surface area contributed by atoms with Gasteiger partial charge >= 0.3 is 5.97 Å². The van der Waals surface area contributed by atoms with Crippen molar-refractivity contribution in [3.63, 3.8) is 0 Å². The summed E-state index contributed by atoms with van der Waals surface area (Å²) in [6.45, 7) is 6.94. The zero-order chi connectivity index (χ0) is 29.4. The highest BCUT2D eigenvalue weighted by Crippen LogP contribution is 2.39. The first-order valence-corrected chi connectivity index (χ1v) is 16.9. The maximum Gasteiger partial charge on any atom is 0.326 e. The van der Waals surface area contributed by atoms with Crippen molar-refractivity contribution in [3.8, 4) is 0 Å². The number of hydrogen-bond donors (Lipinski definition) is 2. The molecule has 0 bridgehead atoms. The average Bonchev–Trinajstić information content (AvgIpc) is 3.31. The first kappa shape index (κ1) is 31.8. The molecular formula is C34H50N2O4S. The standard InChI is InChI=1S/C34H50N2O4S/c1-23-10-8-9-13-29(23)30-19-26(16-24(2)32(30)33(37)35-31(34(38)39)14-15-41-4)20-36-21-27(18-28(36)22-40-3)17-25-11-6-5-7-12-25/h8-10,13,19,24-25,27-28,31H,5-7,11-12,14-18,20-22H2,1-4H3,(H,35,37)(H,38,39)/t24?,27?,28-,31+/m1/s1. The number of carbonyl (C=O) groups excluding carboxylic acids is 1. The van der Waals surface area contributed by atoms with Crippen molar-refractivity contribution < 1.29 is 19.4 Å². The molecule has 2 aliphatic carbocycles. The Balaban J connectivity index is 1.59. The number of nitrogens with one attached hydrogen (secondary N) is 1. The van der Waals surface area contributed by atoms with Gasteiger partial charge in [0.15, 0.2) is 0 Å². The van der Waals surface area contributed by atoms with Gasteiger partial charge in [-0.15, -0.1) is 0 Å². The fraction of sp³-hybridized carbons (Fsp3) is 0.647. The summed E-state index contributed by atoms with van der Waals surface area (Å²) in [7, 11) is 1.81. The highest BCUT2D eigenvalue weighted by atomic mass is 32.2. The lowest BCUT2D eigenvalue weighted by Crippen LogP contribution is -2.43. The third kappa shape index (κ3) is 8.48. The number of amides is 1. The molecule has 0 aromatic heterocycles. The molecule has 41 heavy (non-hydrogen) atoms. The van der Waals surface area contributed by atoms with Crippen LogP contribution in [0.15, 0.2) is 41.5 Å². The first-order chi connectivity index (χ1) is 19.8. The molecule has 0 spiro atoms. The summed E-state index contributed by atoms with van der Waals surface area (Å²) in [5, 5.41) is 12.6. The Hall–Kier alpha value is -2.09. The van der Waals surface area contributed by atoms with E-state index in [9.17, 15) is 14.7 Å². The molecule has 3 aliphatic rings. The average molecular weight is 583 g/mol. The number of nitrogens with zero attached hydrogens (tertiary/aromatic N) is 1. The smallest absolute Gasteiger partial charge is 0.326 e. The summed E-state index contributed by atoms with van der Waals surface area (Å²) >= 11 is 1.59. The van der Waals surface area contributed by atoms with E-state index in [1.807, 2.05) is 25.5 Å². The number of allylic oxidation sites excluding steroid dienone is 2. The van der Waals surface area contributed by atoms with Crippen molar-refractivity contribution in [2.75, 3.05) is 38.8 Å². The molecule has 226 valence electrons. The maximum atomic E-state index is 13.7. The van der Waals surface area contributed by atoms with E-state index in [-0.39, 0.29) is 11.8 Å². The van der Waals surface area contributed by atoms with E-state index < -0.39 is 12.0 Å². The zero-order valence-corrected chi connectivity index (χ0v) is 26.3. The number of carboxylic acids is 1. The van der Waals surface area contributed by atoms with Crippen LogP contribution < -0.4 is 5.32 Å². The van der Waals surface area contributed by atoms with Crippen LogP contribution in [0.1, 0.15) is 75.8 Å². The van der Waals surface area contributed by atoms with E-state index in [1.54, 1.807) is 11.8 Å². The van der Waals surface area contributed by atoms with E-state index in [4.69, 9.17) is 4.74 Å². The first-order valence-electron chi connectivity index (χ1n) is 15.6. The van der Waals surface area contributed by atoms with Crippen molar-refractivity contribution in [2.45, 2.75) is 83.7 Å². The number of carboxylic acid groups (broad SMARTS) is 1. The molecule has 1 aromatic carbocycles. The van der Waals surface area contributed by atoms with Crippen LogP contribution in [0.25, 0.3) is 5.57 Å². The number of aliphatic carboxylic acids is 1. The third-order valence-corrected chi connectivity index (χ3v) is 10.0. The fourth-order valence-corrected chi connectivity index (χ4v) is 7.83. The predicted octanol–water partition coefficient (Wildman–Crippen LogP) is 6.34. The van der Waals surface area contributed by atoms with Gasteiger partial charge in [-0.1, -0.05) is 74.9 Å². The Morgan fingerprint density at radius 3 is 2.61 bits per heavy atom. The predicted molar refractivity (Wildman–Crippen MR) is 169 cm³/mol. The van der Waals surface area contributed by atoms with E-state index >= 15 is 0 Å². The van der Waals surface area contributed by atoms with Gasteiger partial charge in [0, 0.05) is 31.8 Å². The Morgan fingerprint density at radius 1 is 1.17 bits per heavy atom. The van der Waals surface area contributed by atoms with Crippen LogP contribution in [0.3, 0.4) is 0 Å². The monoisotopic (exact) mass is 582 g/mol. The lowest BCUT2D eigenvalue weighted by atomic mass is 9.80. The summed E-state index contributed by atoms with van der Waals surface area (Å²) in [4.78, 5) is 28.3. The molecule has 1 aromatic rings. The molecular weight excluding hydrogens is 532 g/mol. The van der Waals surface area contributed by atoms with Gasteiger partial charge in [-0.3, -0.25) is 9.69 Å². The fourth-order valence-electron chi connectivity index (χ4n) is 7.36. The number of hydrogen-bond acceptors (Lipinski definition) is 5. The minimum atomic E-state index is -0.980. The summed E-state index contributed by atoms with van der Waals surface area (Å²) in [6, 6.07) is 7.72. The normalized spacial score (nSPS) is 24.8. The minimum absolute atomic E-state index is 0.0129. The van der Waals surface area contributed by atoms with Crippen LogP contribution in [-0.4, -0.2) is 72.8 Å². The molecule has 2 fully saturated rings. The number of methoxy groups -OCH3 is 1. The molecule has 1 saturated carbocycles. The summed E-state index contributed by atoms with van der Waals surface area (Å²) in [5.74, 6) is 1.04. The zero-order valence-electron chi connectivity index (χ0n) is 25.5. The SMILES string of the molecule is COC[C@H]1CC(CC2CCCCC2)CN1CC1=CC(c2ccccc2C)=C(C(=O)N[C@@H](CCSC)C(=O)O)C(C)C1. The van der Waals surface area contributed by atoms with Crippen molar-refractivity contribution in [3.05, 3.63) is 52.6 Å². The number of ether oxygens (including phenoxy) is 1.